The van der Waals surface area contributed by atoms with Gasteiger partial charge in [-0.15, -0.1) is 0 Å². The molecule has 118 valence electrons. The summed E-state index contributed by atoms with van der Waals surface area (Å²) in [6, 6.07) is 12.0. The number of nitrogens with zero attached hydrogens (tertiary/aromatic N) is 3. The summed E-state index contributed by atoms with van der Waals surface area (Å²) < 4.78 is 0. The lowest BCUT2D eigenvalue weighted by atomic mass is 10.2. The first kappa shape index (κ1) is 15.4. The lowest BCUT2D eigenvalue weighted by Gasteiger charge is -2.12. The van der Waals surface area contributed by atoms with E-state index in [9.17, 15) is 0 Å². The summed E-state index contributed by atoms with van der Waals surface area (Å²) in [6.45, 7) is 2.03. The molecule has 0 saturated heterocycles. The van der Waals surface area contributed by atoms with E-state index in [2.05, 4.69) is 35.4 Å². The van der Waals surface area contributed by atoms with Crippen molar-refractivity contribution >= 4 is 16.7 Å². The van der Waals surface area contributed by atoms with E-state index in [0.29, 0.717) is 5.82 Å². The topological polar surface area (TPSA) is 55.1 Å². The molecule has 0 unspecified atom stereocenters. The molecule has 0 aliphatic heterocycles. The number of pyridine rings is 1. The second kappa shape index (κ2) is 7.15. The van der Waals surface area contributed by atoms with Crippen LogP contribution in [0.1, 0.15) is 6.42 Å². The quantitative estimate of drug-likeness (QED) is 0.680. The molecule has 5 heteroatoms. The maximum absolute atomic E-state index is 4.72. The zero-order valence-electron chi connectivity index (χ0n) is 13.6. The van der Waals surface area contributed by atoms with Crippen LogP contribution in [-0.4, -0.2) is 42.1 Å². The molecule has 23 heavy (non-hydrogen) atoms. The van der Waals surface area contributed by atoms with E-state index in [1.807, 2.05) is 30.3 Å². The van der Waals surface area contributed by atoms with Gasteiger partial charge < -0.3 is 10.2 Å². The predicted octanol–water partition coefficient (Wildman–Crippen LogP) is 1.64. The van der Waals surface area contributed by atoms with Gasteiger partial charge >= 0.3 is 0 Å². The highest BCUT2D eigenvalue weighted by Crippen LogP contribution is 2.24. The van der Waals surface area contributed by atoms with Crippen LogP contribution in [0, 0.1) is 0 Å². The summed E-state index contributed by atoms with van der Waals surface area (Å²) in [5.41, 5.74) is 1.88. The van der Waals surface area contributed by atoms with Crippen molar-refractivity contribution in [2.75, 3.05) is 32.5 Å². The smallest absolute Gasteiger partial charge is 0.163 e. The molecule has 0 aliphatic rings. The Bertz CT molecular complexity index is 771. The molecule has 0 saturated carbocycles. The lowest BCUT2D eigenvalue weighted by molar-refractivity contribution is -0.858. The zero-order valence-corrected chi connectivity index (χ0v) is 13.6. The van der Waals surface area contributed by atoms with E-state index >= 15 is 0 Å². The van der Waals surface area contributed by atoms with Crippen molar-refractivity contribution in [1.82, 2.24) is 15.0 Å². The maximum atomic E-state index is 4.72. The van der Waals surface area contributed by atoms with E-state index in [1.165, 1.54) is 4.90 Å². The van der Waals surface area contributed by atoms with Gasteiger partial charge in [0, 0.05) is 36.3 Å². The largest absolute Gasteiger partial charge is 0.369 e. The first-order valence-corrected chi connectivity index (χ1v) is 7.94. The van der Waals surface area contributed by atoms with Crippen LogP contribution in [-0.2, 0) is 0 Å². The minimum absolute atomic E-state index is 0.706. The number of anilines is 1. The van der Waals surface area contributed by atoms with Crippen LogP contribution in [0.5, 0.6) is 0 Å². The SMILES string of the molecule is C[NH+](C)CCCNc1nc(-c2cccnc2)nc2ccccc12. The van der Waals surface area contributed by atoms with Crippen LogP contribution >= 0.6 is 0 Å². The van der Waals surface area contributed by atoms with Gasteiger partial charge in [-0.2, -0.15) is 0 Å². The second-order valence-corrected chi connectivity index (χ2v) is 5.89. The fourth-order valence-electron chi connectivity index (χ4n) is 2.48. The van der Waals surface area contributed by atoms with E-state index < -0.39 is 0 Å². The van der Waals surface area contributed by atoms with Gasteiger partial charge in [-0.05, 0) is 24.3 Å². The van der Waals surface area contributed by atoms with Gasteiger partial charge in [0.15, 0.2) is 5.82 Å². The Hall–Kier alpha value is -2.53. The number of fused-ring (bicyclic) bond motifs is 1. The summed E-state index contributed by atoms with van der Waals surface area (Å²) in [4.78, 5) is 15.0. The third kappa shape index (κ3) is 3.81. The predicted molar refractivity (Wildman–Crippen MR) is 93.6 cm³/mol. The molecule has 0 amide bonds. The Morgan fingerprint density at radius 1 is 1.04 bits per heavy atom. The number of quaternary nitrogens is 1. The van der Waals surface area contributed by atoms with E-state index in [0.717, 1.165) is 41.8 Å². The van der Waals surface area contributed by atoms with Crippen molar-refractivity contribution in [3.05, 3.63) is 48.8 Å². The average Bonchev–Trinajstić information content (AvgIpc) is 2.59. The standard InChI is InChI=1S/C18H21N5/c1-23(2)12-6-11-20-18-15-8-3-4-9-16(15)21-17(22-18)14-7-5-10-19-13-14/h3-5,7-10,13H,6,11-12H2,1-2H3,(H,20,21,22)/p+1. The average molecular weight is 308 g/mol. The Kier molecular flexibility index (Phi) is 4.78. The minimum Gasteiger partial charge on any atom is -0.369 e. The molecular formula is C18H22N5+. The highest BCUT2D eigenvalue weighted by Gasteiger charge is 2.09. The molecule has 0 radical (unpaired) electrons. The molecule has 3 rings (SSSR count). The fraction of sp³-hybridized carbons (Fsp3) is 0.278. The van der Waals surface area contributed by atoms with Gasteiger partial charge in [-0.3, -0.25) is 4.98 Å². The Morgan fingerprint density at radius 2 is 1.91 bits per heavy atom. The van der Waals surface area contributed by atoms with Crippen LogP contribution in [0.15, 0.2) is 48.8 Å². The number of benzene rings is 1. The van der Waals surface area contributed by atoms with Gasteiger partial charge in [0.05, 0.1) is 26.2 Å². The molecule has 1 aromatic carbocycles. The molecule has 0 atom stereocenters. The normalized spacial score (nSPS) is 11.1. The first-order chi connectivity index (χ1) is 11.2. The third-order valence-corrected chi connectivity index (χ3v) is 3.67. The van der Waals surface area contributed by atoms with Crippen LogP contribution in [0.3, 0.4) is 0 Å². The molecular weight excluding hydrogens is 286 g/mol. The van der Waals surface area contributed by atoms with Crippen molar-refractivity contribution < 1.29 is 4.90 Å². The number of hydrogen-bond acceptors (Lipinski definition) is 4. The Morgan fingerprint density at radius 3 is 2.70 bits per heavy atom. The fourth-order valence-corrected chi connectivity index (χ4v) is 2.48. The number of aromatic nitrogens is 3. The van der Waals surface area contributed by atoms with Crippen molar-refractivity contribution in [3.8, 4) is 11.4 Å². The van der Waals surface area contributed by atoms with Crippen molar-refractivity contribution in [1.29, 1.82) is 0 Å². The summed E-state index contributed by atoms with van der Waals surface area (Å²) >= 11 is 0. The van der Waals surface area contributed by atoms with E-state index in [4.69, 9.17) is 4.98 Å². The molecule has 0 fully saturated rings. The Labute approximate surface area is 136 Å². The number of para-hydroxylation sites is 1. The highest BCUT2D eigenvalue weighted by molar-refractivity contribution is 5.90. The van der Waals surface area contributed by atoms with Crippen LogP contribution in [0.2, 0.25) is 0 Å². The van der Waals surface area contributed by atoms with Crippen LogP contribution in [0.25, 0.3) is 22.3 Å². The first-order valence-electron chi connectivity index (χ1n) is 7.94. The summed E-state index contributed by atoms with van der Waals surface area (Å²) in [5.74, 6) is 1.60. The van der Waals surface area contributed by atoms with Gasteiger partial charge in [-0.25, -0.2) is 9.97 Å². The maximum Gasteiger partial charge on any atom is 0.163 e. The Balaban J connectivity index is 1.91. The molecule has 2 N–H and O–H groups in total. The zero-order chi connectivity index (χ0) is 16.1. The van der Waals surface area contributed by atoms with Gasteiger partial charge in [-0.1, -0.05) is 12.1 Å². The number of rotatable bonds is 6. The summed E-state index contributed by atoms with van der Waals surface area (Å²) in [7, 11) is 4.33. The molecule has 2 heterocycles. The van der Waals surface area contributed by atoms with Crippen LogP contribution in [0.4, 0.5) is 5.82 Å². The second-order valence-electron chi connectivity index (χ2n) is 5.89. The third-order valence-electron chi connectivity index (χ3n) is 3.67. The number of hydrogen-bond donors (Lipinski definition) is 2. The lowest BCUT2D eigenvalue weighted by Crippen LogP contribution is -3.05. The van der Waals surface area contributed by atoms with Gasteiger partial charge in [0.1, 0.15) is 5.82 Å². The molecule has 0 bridgehead atoms. The van der Waals surface area contributed by atoms with E-state index in [-0.39, 0.29) is 0 Å². The van der Waals surface area contributed by atoms with E-state index in [1.54, 1.807) is 12.4 Å². The molecule has 3 aromatic rings. The number of nitrogens with one attached hydrogen (secondary N) is 2. The molecule has 0 aliphatic carbocycles. The van der Waals surface area contributed by atoms with Crippen molar-refractivity contribution in [2.45, 2.75) is 6.42 Å². The van der Waals surface area contributed by atoms with Crippen molar-refractivity contribution in [3.63, 3.8) is 0 Å². The minimum atomic E-state index is 0.706. The summed E-state index contributed by atoms with van der Waals surface area (Å²) in [5, 5.41) is 4.52. The molecule has 0 spiro atoms. The van der Waals surface area contributed by atoms with Crippen LogP contribution < -0.4 is 10.2 Å². The molecule has 5 nitrogen and oxygen atoms in total. The molecule has 2 aromatic heterocycles. The van der Waals surface area contributed by atoms with Gasteiger partial charge in [0.2, 0.25) is 0 Å². The highest BCUT2D eigenvalue weighted by atomic mass is 15.1. The van der Waals surface area contributed by atoms with Crippen molar-refractivity contribution in [2.24, 2.45) is 0 Å². The summed E-state index contributed by atoms with van der Waals surface area (Å²) in [6.07, 6.45) is 4.65. The van der Waals surface area contributed by atoms with Gasteiger partial charge in [0.25, 0.3) is 0 Å². The monoisotopic (exact) mass is 308 g/mol.